The van der Waals surface area contributed by atoms with E-state index in [1.807, 2.05) is 36.6 Å². The van der Waals surface area contributed by atoms with Gasteiger partial charge in [0.1, 0.15) is 28.1 Å². The van der Waals surface area contributed by atoms with E-state index >= 15 is 0 Å². The van der Waals surface area contributed by atoms with Crippen molar-refractivity contribution < 1.29 is 18.3 Å². The second-order valence-electron chi connectivity index (χ2n) is 5.68. The summed E-state index contributed by atoms with van der Waals surface area (Å²) in [5, 5.41) is 14.7. The number of hydrogen-bond donors (Lipinski definition) is 1. The third-order valence-corrected chi connectivity index (χ3v) is 4.67. The van der Waals surface area contributed by atoms with Crippen molar-refractivity contribution in [3.8, 4) is 28.8 Å². The van der Waals surface area contributed by atoms with Crippen molar-refractivity contribution in [2.24, 2.45) is 0 Å². The standard InChI is InChI=1S/C21H17F2N3O2S/c1-2-27-16-9-7-14(8-10-16)18-13-29-20(26-18)15(11-24)12-25-17-5-3-4-6-19(17)28-21(22)23/h3-10,12-13,21,25H,2H2,1H3/b15-12+. The van der Waals surface area contributed by atoms with Crippen LogP contribution in [0, 0.1) is 11.3 Å². The predicted molar refractivity (Wildman–Crippen MR) is 109 cm³/mol. The van der Waals surface area contributed by atoms with Crippen molar-refractivity contribution in [3.05, 3.63) is 65.1 Å². The van der Waals surface area contributed by atoms with E-state index in [1.165, 1.54) is 23.6 Å². The summed E-state index contributed by atoms with van der Waals surface area (Å²) in [5.41, 5.74) is 2.23. The number of aromatic nitrogens is 1. The highest BCUT2D eigenvalue weighted by Gasteiger charge is 2.11. The fraction of sp³-hybridized carbons (Fsp3) is 0.143. The van der Waals surface area contributed by atoms with Crippen molar-refractivity contribution >= 4 is 22.6 Å². The Hall–Kier alpha value is -3.44. The Kier molecular flexibility index (Phi) is 6.76. The topological polar surface area (TPSA) is 67.2 Å². The van der Waals surface area contributed by atoms with Crippen LogP contribution in [-0.4, -0.2) is 18.2 Å². The molecule has 3 aromatic rings. The van der Waals surface area contributed by atoms with E-state index in [9.17, 15) is 14.0 Å². The van der Waals surface area contributed by atoms with Crippen molar-refractivity contribution in [1.29, 1.82) is 5.26 Å². The Morgan fingerprint density at radius 1 is 1.24 bits per heavy atom. The molecular weight excluding hydrogens is 396 g/mol. The number of hydrogen-bond acceptors (Lipinski definition) is 6. The van der Waals surface area contributed by atoms with E-state index in [0.29, 0.717) is 17.3 Å². The van der Waals surface area contributed by atoms with Gasteiger partial charge in [-0.25, -0.2) is 4.98 Å². The van der Waals surface area contributed by atoms with Crippen LogP contribution in [0.4, 0.5) is 14.5 Å². The van der Waals surface area contributed by atoms with Crippen molar-refractivity contribution in [2.45, 2.75) is 13.5 Å². The Morgan fingerprint density at radius 3 is 2.69 bits per heavy atom. The van der Waals surface area contributed by atoms with E-state index in [-0.39, 0.29) is 11.3 Å². The molecule has 0 amide bonds. The number of nitriles is 1. The average molecular weight is 413 g/mol. The van der Waals surface area contributed by atoms with Crippen LogP contribution in [0.1, 0.15) is 11.9 Å². The number of rotatable bonds is 8. The highest BCUT2D eigenvalue weighted by atomic mass is 32.1. The van der Waals surface area contributed by atoms with Crippen LogP contribution in [-0.2, 0) is 0 Å². The van der Waals surface area contributed by atoms with Gasteiger partial charge < -0.3 is 14.8 Å². The maximum Gasteiger partial charge on any atom is 0.387 e. The summed E-state index contributed by atoms with van der Waals surface area (Å²) in [6.45, 7) is -0.426. The van der Waals surface area contributed by atoms with Crippen LogP contribution in [0.25, 0.3) is 16.8 Å². The molecule has 0 unspecified atom stereocenters. The summed E-state index contributed by atoms with van der Waals surface area (Å²) in [4.78, 5) is 4.51. The van der Waals surface area contributed by atoms with Gasteiger partial charge in [-0.05, 0) is 43.3 Å². The molecule has 0 aliphatic heterocycles. The summed E-state index contributed by atoms with van der Waals surface area (Å²) < 4.78 is 35.0. The second-order valence-corrected chi connectivity index (χ2v) is 6.54. The molecule has 2 aromatic carbocycles. The molecule has 1 N–H and O–H groups in total. The fourth-order valence-electron chi connectivity index (χ4n) is 2.50. The summed E-state index contributed by atoms with van der Waals surface area (Å²) in [5.74, 6) is 0.767. The van der Waals surface area contributed by atoms with Gasteiger partial charge in [0.25, 0.3) is 0 Å². The lowest BCUT2D eigenvalue weighted by Gasteiger charge is -2.10. The van der Waals surface area contributed by atoms with Gasteiger partial charge >= 0.3 is 6.61 Å². The van der Waals surface area contributed by atoms with Crippen molar-refractivity contribution in [2.75, 3.05) is 11.9 Å². The Morgan fingerprint density at radius 2 is 2.00 bits per heavy atom. The molecule has 3 rings (SSSR count). The van der Waals surface area contributed by atoms with Crippen LogP contribution in [0.15, 0.2) is 60.1 Å². The molecule has 0 bridgehead atoms. The summed E-state index contributed by atoms with van der Waals surface area (Å²) in [6.07, 6.45) is 1.43. The molecule has 0 fully saturated rings. The molecule has 0 atom stereocenters. The zero-order valence-corrected chi connectivity index (χ0v) is 16.2. The zero-order chi connectivity index (χ0) is 20.6. The smallest absolute Gasteiger partial charge is 0.387 e. The van der Waals surface area contributed by atoms with E-state index in [2.05, 4.69) is 21.1 Å². The zero-order valence-electron chi connectivity index (χ0n) is 15.4. The first-order chi connectivity index (χ1) is 14.1. The number of para-hydroxylation sites is 2. The van der Waals surface area contributed by atoms with Gasteiger partial charge in [-0.2, -0.15) is 14.0 Å². The maximum atomic E-state index is 12.5. The monoisotopic (exact) mass is 413 g/mol. The van der Waals surface area contributed by atoms with Gasteiger partial charge in [0.15, 0.2) is 0 Å². The Labute approximate surface area is 170 Å². The molecule has 0 spiro atoms. The van der Waals surface area contributed by atoms with E-state index < -0.39 is 6.61 Å². The minimum atomic E-state index is -2.94. The molecule has 0 saturated carbocycles. The summed E-state index contributed by atoms with van der Waals surface area (Å²) in [7, 11) is 0. The number of allylic oxidation sites excluding steroid dienone is 1. The fourth-order valence-corrected chi connectivity index (χ4v) is 3.29. The molecule has 148 valence electrons. The minimum Gasteiger partial charge on any atom is -0.494 e. The first kappa shape index (κ1) is 20.3. The molecule has 8 heteroatoms. The van der Waals surface area contributed by atoms with Crippen LogP contribution in [0.2, 0.25) is 0 Å². The van der Waals surface area contributed by atoms with Crippen LogP contribution < -0.4 is 14.8 Å². The SMILES string of the molecule is CCOc1ccc(-c2csc(/C(C#N)=C/Nc3ccccc3OC(F)F)n2)cc1. The lowest BCUT2D eigenvalue weighted by molar-refractivity contribution is -0.0493. The number of thiazole rings is 1. The third-order valence-electron chi connectivity index (χ3n) is 3.79. The summed E-state index contributed by atoms with van der Waals surface area (Å²) in [6, 6.07) is 15.9. The molecule has 0 radical (unpaired) electrons. The Balaban J connectivity index is 1.78. The Bertz CT molecular complexity index is 1030. The van der Waals surface area contributed by atoms with Gasteiger partial charge in [-0.3, -0.25) is 0 Å². The van der Waals surface area contributed by atoms with Gasteiger partial charge in [0.2, 0.25) is 0 Å². The molecule has 1 aromatic heterocycles. The first-order valence-corrected chi connectivity index (χ1v) is 9.58. The predicted octanol–water partition coefficient (Wildman–Crippen LogP) is 5.79. The highest BCUT2D eigenvalue weighted by Crippen LogP contribution is 2.29. The van der Waals surface area contributed by atoms with Crippen molar-refractivity contribution in [1.82, 2.24) is 4.98 Å². The van der Waals surface area contributed by atoms with Gasteiger partial charge in [0.05, 0.1) is 18.0 Å². The first-order valence-electron chi connectivity index (χ1n) is 8.70. The molecule has 29 heavy (non-hydrogen) atoms. The molecule has 1 heterocycles. The quantitative estimate of drug-likeness (QED) is 0.474. The maximum absolute atomic E-state index is 12.5. The lowest BCUT2D eigenvalue weighted by Crippen LogP contribution is -2.04. The number of benzene rings is 2. The second kappa shape index (κ2) is 9.66. The summed E-state index contributed by atoms with van der Waals surface area (Å²) >= 11 is 1.32. The largest absolute Gasteiger partial charge is 0.494 e. The molecule has 0 aliphatic rings. The van der Waals surface area contributed by atoms with E-state index in [0.717, 1.165) is 17.0 Å². The highest BCUT2D eigenvalue weighted by molar-refractivity contribution is 7.11. The average Bonchev–Trinajstić information content (AvgIpc) is 3.20. The van der Waals surface area contributed by atoms with E-state index in [1.54, 1.807) is 18.2 Å². The lowest BCUT2D eigenvalue weighted by atomic mass is 10.2. The number of ether oxygens (including phenoxy) is 2. The van der Waals surface area contributed by atoms with Gasteiger partial charge in [-0.15, -0.1) is 11.3 Å². The number of alkyl halides is 2. The van der Waals surface area contributed by atoms with Crippen LogP contribution in [0.5, 0.6) is 11.5 Å². The third kappa shape index (κ3) is 5.30. The number of nitrogens with one attached hydrogen (secondary N) is 1. The molecular formula is C21H17F2N3O2S. The van der Waals surface area contributed by atoms with Gasteiger partial charge in [0, 0.05) is 17.1 Å². The number of nitrogens with zero attached hydrogens (tertiary/aromatic N) is 2. The molecule has 0 saturated heterocycles. The van der Waals surface area contributed by atoms with E-state index in [4.69, 9.17) is 4.74 Å². The molecule has 5 nitrogen and oxygen atoms in total. The number of anilines is 1. The number of halogens is 2. The van der Waals surface area contributed by atoms with Crippen molar-refractivity contribution in [3.63, 3.8) is 0 Å². The minimum absolute atomic E-state index is 0.00902. The van der Waals surface area contributed by atoms with Crippen LogP contribution in [0.3, 0.4) is 0 Å². The van der Waals surface area contributed by atoms with Crippen LogP contribution >= 0.6 is 11.3 Å². The normalized spacial score (nSPS) is 11.2. The van der Waals surface area contributed by atoms with Gasteiger partial charge in [-0.1, -0.05) is 12.1 Å². The molecule has 0 aliphatic carbocycles.